The smallest absolute Gasteiger partial charge is 0.273 e. The fourth-order valence-corrected chi connectivity index (χ4v) is 2.86. The fourth-order valence-electron chi connectivity index (χ4n) is 2.86. The van der Waals surface area contributed by atoms with Crippen LogP contribution in [-0.2, 0) is 6.42 Å². The monoisotopic (exact) mass is 333 g/mol. The molecule has 5 nitrogen and oxygen atoms in total. The molecule has 0 saturated heterocycles. The molecule has 2 aromatic rings. The number of rotatable bonds is 5. The lowest BCUT2D eigenvalue weighted by Gasteiger charge is -2.38. The van der Waals surface area contributed by atoms with E-state index in [2.05, 4.69) is 15.3 Å². The second-order valence-electron chi connectivity index (χ2n) is 5.97. The predicted molar refractivity (Wildman–Crippen MR) is 82.1 cm³/mol. The number of aromatic nitrogens is 2. The van der Waals surface area contributed by atoms with E-state index in [1.165, 1.54) is 0 Å². The van der Waals surface area contributed by atoms with Crippen LogP contribution in [0.15, 0.2) is 36.7 Å². The van der Waals surface area contributed by atoms with Crippen LogP contribution in [0.2, 0.25) is 0 Å². The van der Waals surface area contributed by atoms with Gasteiger partial charge in [0.1, 0.15) is 5.82 Å². The number of carbonyl (C=O) groups is 1. The molecule has 1 saturated carbocycles. The molecule has 1 unspecified atom stereocenters. The highest BCUT2D eigenvalue weighted by molar-refractivity contribution is 5.92. The van der Waals surface area contributed by atoms with Gasteiger partial charge in [-0.15, -0.1) is 0 Å². The number of pyridine rings is 2. The molecule has 1 aliphatic carbocycles. The Labute approximate surface area is 137 Å². The van der Waals surface area contributed by atoms with Crippen molar-refractivity contribution in [2.75, 3.05) is 0 Å². The highest BCUT2D eigenvalue weighted by Gasteiger charge is 2.35. The maximum absolute atomic E-state index is 13.7. The lowest BCUT2D eigenvalue weighted by molar-refractivity contribution is 0.0236. The maximum Gasteiger partial charge on any atom is 0.273 e. The zero-order valence-corrected chi connectivity index (χ0v) is 12.8. The molecule has 0 aromatic carbocycles. The van der Waals surface area contributed by atoms with E-state index in [9.17, 15) is 18.7 Å². The van der Waals surface area contributed by atoms with Crippen molar-refractivity contribution in [1.82, 2.24) is 15.3 Å². The average molecular weight is 333 g/mol. The molecule has 126 valence electrons. The molecule has 2 N–H and O–H groups in total. The van der Waals surface area contributed by atoms with Crippen LogP contribution in [0.4, 0.5) is 8.78 Å². The van der Waals surface area contributed by atoms with Crippen molar-refractivity contribution >= 4 is 5.91 Å². The Hall–Kier alpha value is -2.41. The highest BCUT2D eigenvalue weighted by atomic mass is 19.1. The first-order valence-electron chi connectivity index (χ1n) is 7.73. The summed E-state index contributed by atoms with van der Waals surface area (Å²) in [6.07, 6.45) is 3.68. The number of halogens is 2. The van der Waals surface area contributed by atoms with Gasteiger partial charge in [-0.2, -0.15) is 0 Å². The number of hydrogen-bond donors (Lipinski definition) is 2. The Balaban J connectivity index is 1.74. The minimum atomic E-state index is -1.00. The van der Waals surface area contributed by atoms with Crippen LogP contribution in [-0.4, -0.2) is 33.1 Å². The van der Waals surface area contributed by atoms with E-state index >= 15 is 0 Å². The first-order chi connectivity index (χ1) is 11.5. The Morgan fingerprint density at radius 1 is 1.33 bits per heavy atom. The number of nitrogens with one attached hydrogen (secondary N) is 1. The number of amides is 1. The van der Waals surface area contributed by atoms with Crippen molar-refractivity contribution in [2.24, 2.45) is 5.92 Å². The van der Waals surface area contributed by atoms with Crippen LogP contribution in [0.3, 0.4) is 0 Å². The lowest BCUT2D eigenvalue weighted by atomic mass is 9.76. The Bertz CT molecular complexity index is 721. The molecular weight excluding hydrogens is 316 g/mol. The second kappa shape index (κ2) is 7.00. The van der Waals surface area contributed by atoms with Crippen molar-refractivity contribution in [3.8, 4) is 0 Å². The first kappa shape index (κ1) is 16.4. The van der Waals surface area contributed by atoms with Crippen LogP contribution in [0, 0.1) is 17.6 Å². The minimum Gasteiger partial charge on any atom is -0.393 e. The van der Waals surface area contributed by atoms with E-state index in [0.29, 0.717) is 25.3 Å². The number of aliphatic hydroxyl groups excluding tert-OH is 1. The summed E-state index contributed by atoms with van der Waals surface area (Å²) in [4.78, 5) is 20.0. The van der Waals surface area contributed by atoms with E-state index in [0.717, 1.165) is 11.9 Å². The van der Waals surface area contributed by atoms with E-state index in [1.807, 2.05) is 12.1 Å². The average Bonchev–Trinajstić information content (AvgIpc) is 2.52. The van der Waals surface area contributed by atoms with Gasteiger partial charge in [0.05, 0.1) is 12.3 Å². The number of nitrogens with zero attached hydrogens (tertiary/aromatic N) is 2. The molecule has 0 spiro atoms. The van der Waals surface area contributed by atoms with Gasteiger partial charge >= 0.3 is 0 Å². The molecule has 2 heterocycles. The third-order valence-electron chi connectivity index (χ3n) is 4.21. The number of hydrogen-bond acceptors (Lipinski definition) is 4. The minimum absolute atomic E-state index is 0.0782. The summed E-state index contributed by atoms with van der Waals surface area (Å²) in [7, 11) is 0. The van der Waals surface area contributed by atoms with Crippen LogP contribution in [0.1, 0.15) is 29.0 Å². The van der Waals surface area contributed by atoms with E-state index in [4.69, 9.17) is 0 Å². The summed E-state index contributed by atoms with van der Waals surface area (Å²) in [5.41, 5.74) is 0.346. The maximum atomic E-state index is 13.7. The molecule has 0 bridgehead atoms. The molecule has 7 heteroatoms. The van der Waals surface area contributed by atoms with E-state index in [1.54, 1.807) is 12.3 Å². The third-order valence-corrected chi connectivity index (χ3v) is 4.21. The summed E-state index contributed by atoms with van der Waals surface area (Å²) >= 11 is 0. The van der Waals surface area contributed by atoms with Gasteiger partial charge in [0.2, 0.25) is 0 Å². The summed E-state index contributed by atoms with van der Waals surface area (Å²) in [6, 6.07) is 5.80. The third kappa shape index (κ3) is 3.73. The Kier molecular flexibility index (Phi) is 4.80. The van der Waals surface area contributed by atoms with Crippen molar-refractivity contribution < 1.29 is 18.7 Å². The van der Waals surface area contributed by atoms with Crippen molar-refractivity contribution in [1.29, 1.82) is 0 Å². The van der Waals surface area contributed by atoms with Crippen LogP contribution >= 0.6 is 0 Å². The van der Waals surface area contributed by atoms with Gasteiger partial charge in [-0.05, 0) is 30.9 Å². The van der Waals surface area contributed by atoms with Crippen LogP contribution in [0.5, 0.6) is 0 Å². The molecule has 1 amide bonds. The van der Waals surface area contributed by atoms with Crippen LogP contribution < -0.4 is 5.32 Å². The molecule has 0 radical (unpaired) electrons. The molecule has 0 aliphatic heterocycles. The normalized spacial score (nSPS) is 21.0. The van der Waals surface area contributed by atoms with Crippen LogP contribution in [0.25, 0.3) is 0 Å². The summed E-state index contributed by atoms with van der Waals surface area (Å²) < 4.78 is 26.6. The number of aliphatic hydroxyl groups is 1. The van der Waals surface area contributed by atoms with Gasteiger partial charge in [0.15, 0.2) is 11.5 Å². The van der Waals surface area contributed by atoms with Gasteiger partial charge < -0.3 is 10.4 Å². The molecule has 3 rings (SSSR count). The Morgan fingerprint density at radius 2 is 2.12 bits per heavy atom. The summed E-state index contributed by atoms with van der Waals surface area (Å²) in [5.74, 6) is -2.46. The van der Waals surface area contributed by atoms with Crippen molar-refractivity contribution in [3.05, 3.63) is 59.7 Å². The quantitative estimate of drug-likeness (QED) is 0.876. The molecule has 1 fully saturated rings. The fraction of sp³-hybridized carbons (Fsp3) is 0.353. The van der Waals surface area contributed by atoms with Gasteiger partial charge in [-0.3, -0.25) is 9.78 Å². The topological polar surface area (TPSA) is 75.1 Å². The molecule has 1 aliphatic rings. The Morgan fingerprint density at radius 3 is 2.75 bits per heavy atom. The van der Waals surface area contributed by atoms with Gasteiger partial charge in [-0.25, -0.2) is 13.8 Å². The lowest BCUT2D eigenvalue weighted by Crippen LogP contribution is -2.48. The van der Waals surface area contributed by atoms with E-state index < -0.39 is 23.2 Å². The van der Waals surface area contributed by atoms with Gasteiger partial charge in [-0.1, -0.05) is 6.07 Å². The molecule has 2 aromatic heterocycles. The van der Waals surface area contributed by atoms with Crippen molar-refractivity contribution in [3.63, 3.8) is 0 Å². The zero-order chi connectivity index (χ0) is 17.1. The van der Waals surface area contributed by atoms with Crippen molar-refractivity contribution in [2.45, 2.75) is 31.4 Å². The number of carbonyl (C=O) groups excluding carboxylic acids is 1. The SMILES string of the molecule is O=C(NC(Cc1ccccn1)C1CC(O)C1)c1ncc(F)cc1F. The summed E-state index contributed by atoms with van der Waals surface area (Å²) in [6.45, 7) is 0. The molecule has 24 heavy (non-hydrogen) atoms. The zero-order valence-electron chi connectivity index (χ0n) is 12.8. The van der Waals surface area contributed by atoms with Gasteiger partial charge in [0.25, 0.3) is 5.91 Å². The van der Waals surface area contributed by atoms with Gasteiger partial charge in [0, 0.05) is 30.4 Å². The second-order valence-corrected chi connectivity index (χ2v) is 5.97. The highest BCUT2D eigenvalue weighted by Crippen LogP contribution is 2.31. The largest absolute Gasteiger partial charge is 0.393 e. The molecule has 1 atom stereocenters. The first-order valence-corrected chi connectivity index (χ1v) is 7.73. The van der Waals surface area contributed by atoms with E-state index in [-0.39, 0.29) is 18.1 Å². The standard InChI is InChI=1S/C17H17F2N3O2/c18-11-7-14(19)16(21-9-11)17(24)22-15(10-5-13(23)6-10)8-12-3-1-2-4-20-12/h1-4,7,9-10,13,15,23H,5-6,8H2,(H,22,24). The molecular formula is C17H17F2N3O2. The summed E-state index contributed by atoms with van der Waals surface area (Å²) in [5, 5.41) is 12.3. The predicted octanol–water partition coefficient (Wildman–Crippen LogP) is 1.87.